The normalized spacial score (nSPS) is 14.2. The highest BCUT2D eigenvalue weighted by Gasteiger charge is 2.19. The van der Waals surface area contributed by atoms with Crippen molar-refractivity contribution in [1.29, 1.82) is 0 Å². The maximum absolute atomic E-state index is 12.9. The standard InChI is InChI=1S/C26H31N5O/c1-29-15-17-31(18-16-29)25-22(12-8-14-27-25)19-28-26(32)30(2)20-23-11-6-7-13-24(23)21-9-4-3-5-10-21/h3-14H,15-20H2,1-2H3,(H,28,32). The molecule has 0 bridgehead atoms. The highest BCUT2D eigenvalue weighted by atomic mass is 16.2. The summed E-state index contributed by atoms with van der Waals surface area (Å²) < 4.78 is 0. The Balaban J connectivity index is 1.40. The van der Waals surface area contributed by atoms with Crippen molar-refractivity contribution in [3.63, 3.8) is 0 Å². The zero-order valence-electron chi connectivity index (χ0n) is 18.9. The number of benzene rings is 2. The number of piperazine rings is 1. The molecule has 0 radical (unpaired) electrons. The van der Waals surface area contributed by atoms with E-state index >= 15 is 0 Å². The molecule has 1 aliphatic heterocycles. The lowest BCUT2D eigenvalue weighted by Gasteiger charge is -2.34. The minimum absolute atomic E-state index is 0.0963. The van der Waals surface area contributed by atoms with Gasteiger partial charge >= 0.3 is 6.03 Å². The maximum Gasteiger partial charge on any atom is 0.317 e. The molecule has 4 rings (SSSR count). The van der Waals surface area contributed by atoms with E-state index in [-0.39, 0.29) is 6.03 Å². The van der Waals surface area contributed by atoms with Crippen LogP contribution in [0.5, 0.6) is 0 Å². The van der Waals surface area contributed by atoms with Crippen molar-refractivity contribution in [3.05, 3.63) is 84.1 Å². The van der Waals surface area contributed by atoms with Gasteiger partial charge in [0.05, 0.1) is 0 Å². The molecule has 0 unspecified atom stereocenters. The van der Waals surface area contributed by atoms with Crippen LogP contribution < -0.4 is 10.2 Å². The number of amides is 2. The van der Waals surface area contributed by atoms with E-state index in [1.807, 2.05) is 55.7 Å². The number of urea groups is 1. The molecule has 3 aromatic rings. The van der Waals surface area contributed by atoms with E-state index in [2.05, 4.69) is 51.4 Å². The van der Waals surface area contributed by atoms with Crippen molar-refractivity contribution in [1.82, 2.24) is 20.1 Å². The van der Waals surface area contributed by atoms with Gasteiger partial charge in [0.25, 0.3) is 0 Å². The minimum atomic E-state index is -0.0963. The molecule has 0 spiro atoms. The average molecular weight is 430 g/mol. The number of nitrogens with zero attached hydrogens (tertiary/aromatic N) is 4. The first kappa shape index (κ1) is 21.8. The second-order valence-corrected chi connectivity index (χ2v) is 8.31. The van der Waals surface area contributed by atoms with E-state index < -0.39 is 0 Å². The van der Waals surface area contributed by atoms with Crippen LogP contribution in [0.3, 0.4) is 0 Å². The molecule has 2 aromatic carbocycles. The summed E-state index contributed by atoms with van der Waals surface area (Å²) >= 11 is 0. The summed E-state index contributed by atoms with van der Waals surface area (Å²) in [7, 11) is 3.98. The Morgan fingerprint density at radius 2 is 1.62 bits per heavy atom. The van der Waals surface area contributed by atoms with Crippen LogP contribution in [-0.4, -0.2) is 61.1 Å². The fourth-order valence-electron chi connectivity index (χ4n) is 4.06. The number of carbonyl (C=O) groups is 1. The highest BCUT2D eigenvalue weighted by molar-refractivity contribution is 5.75. The molecule has 1 saturated heterocycles. The van der Waals surface area contributed by atoms with Gasteiger partial charge in [-0.05, 0) is 29.8 Å². The summed E-state index contributed by atoms with van der Waals surface area (Å²) in [6.07, 6.45) is 1.83. The van der Waals surface area contributed by atoms with Crippen molar-refractivity contribution in [2.75, 3.05) is 45.2 Å². The SMILES string of the molecule is CN1CCN(c2ncccc2CNC(=O)N(C)Cc2ccccc2-c2ccccc2)CC1. The number of anilines is 1. The number of hydrogen-bond donors (Lipinski definition) is 1. The molecule has 2 amide bonds. The zero-order chi connectivity index (χ0) is 22.3. The van der Waals surface area contributed by atoms with Gasteiger partial charge in [-0.25, -0.2) is 9.78 Å². The van der Waals surface area contributed by atoms with Gasteiger partial charge in [-0.3, -0.25) is 0 Å². The third kappa shape index (κ3) is 5.26. The molecule has 6 nitrogen and oxygen atoms in total. The Morgan fingerprint density at radius 1 is 0.938 bits per heavy atom. The van der Waals surface area contributed by atoms with Crippen molar-refractivity contribution >= 4 is 11.8 Å². The summed E-state index contributed by atoms with van der Waals surface area (Å²) in [6, 6.07) is 22.4. The highest BCUT2D eigenvalue weighted by Crippen LogP contribution is 2.24. The zero-order valence-corrected chi connectivity index (χ0v) is 18.9. The molecule has 6 heteroatoms. The Labute approximate surface area is 190 Å². The van der Waals surface area contributed by atoms with Crippen LogP contribution in [0.25, 0.3) is 11.1 Å². The van der Waals surface area contributed by atoms with Crippen LogP contribution in [0, 0.1) is 0 Å². The van der Waals surface area contributed by atoms with E-state index in [0.717, 1.165) is 54.3 Å². The van der Waals surface area contributed by atoms with Crippen molar-refractivity contribution < 1.29 is 4.79 Å². The topological polar surface area (TPSA) is 51.7 Å². The molecular formula is C26H31N5O. The second kappa shape index (κ2) is 10.3. The van der Waals surface area contributed by atoms with Gasteiger partial charge in [0.1, 0.15) is 5.82 Å². The molecule has 1 aromatic heterocycles. The molecule has 0 atom stereocenters. The van der Waals surface area contributed by atoms with Crippen molar-refractivity contribution in [2.24, 2.45) is 0 Å². The third-order valence-electron chi connectivity index (χ3n) is 5.96. The number of hydrogen-bond acceptors (Lipinski definition) is 4. The lowest BCUT2D eigenvalue weighted by molar-refractivity contribution is 0.206. The molecule has 166 valence electrons. The van der Waals surface area contributed by atoms with E-state index in [4.69, 9.17) is 0 Å². The predicted octanol–water partition coefficient (Wildman–Crippen LogP) is 3.84. The Hall–Kier alpha value is -3.38. The summed E-state index contributed by atoms with van der Waals surface area (Å²) in [5.74, 6) is 0.970. The molecule has 32 heavy (non-hydrogen) atoms. The van der Waals surface area contributed by atoms with Crippen LogP contribution in [0.2, 0.25) is 0 Å². The van der Waals surface area contributed by atoms with Crippen molar-refractivity contribution in [2.45, 2.75) is 13.1 Å². The van der Waals surface area contributed by atoms with Gasteiger partial charge in [-0.2, -0.15) is 0 Å². The van der Waals surface area contributed by atoms with Gasteiger partial charge in [0.15, 0.2) is 0 Å². The van der Waals surface area contributed by atoms with E-state index in [0.29, 0.717) is 13.1 Å². The maximum atomic E-state index is 12.9. The Bertz CT molecular complexity index is 1030. The van der Waals surface area contributed by atoms with Gasteiger partial charge in [0, 0.05) is 58.1 Å². The van der Waals surface area contributed by atoms with Crippen LogP contribution in [-0.2, 0) is 13.1 Å². The van der Waals surface area contributed by atoms with Crippen LogP contribution >= 0.6 is 0 Å². The fraction of sp³-hybridized carbons (Fsp3) is 0.308. The Kier molecular flexibility index (Phi) is 7.02. The fourth-order valence-corrected chi connectivity index (χ4v) is 4.06. The second-order valence-electron chi connectivity index (χ2n) is 8.31. The third-order valence-corrected chi connectivity index (χ3v) is 5.96. The summed E-state index contributed by atoms with van der Waals surface area (Å²) in [4.78, 5) is 23.8. The largest absolute Gasteiger partial charge is 0.354 e. The van der Waals surface area contributed by atoms with E-state index in [1.54, 1.807) is 4.90 Å². The first-order chi connectivity index (χ1) is 15.6. The number of rotatable bonds is 6. The summed E-state index contributed by atoms with van der Waals surface area (Å²) in [6.45, 7) is 4.93. The molecule has 0 saturated carbocycles. The quantitative estimate of drug-likeness (QED) is 0.647. The summed E-state index contributed by atoms with van der Waals surface area (Å²) in [5, 5.41) is 3.08. The van der Waals surface area contributed by atoms with Crippen LogP contribution in [0.4, 0.5) is 10.6 Å². The van der Waals surface area contributed by atoms with Gasteiger partial charge in [0.2, 0.25) is 0 Å². The van der Waals surface area contributed by atoms with Gasteiger partial charge < -0.3 is 20.0 Å². The lowest BCUT2D eigenvalue weighted by atomic mass is 9.99. The first-order valence-electron chi connectivity index (χ1n) is 11.1. The number of aromatic nitrogens is 1. The number of carbonyl (C=O) groups excluding carboxylic acids is 1. The Morgan fingerprint density at radius 3 is 2.41 bits per heavy atom. The molecule has 0 aliphatic carbocycles. The lowest BCUT2D eigenvalue weighted by Crippen LogP contribution is -2.45. The van der Waals surface area contributed by atoms with Gasteiger partial charge in [-0.15, -0.1) is 0 Å². The molecule has 1 fully saturated rings. The smallest absolute Gasteiger partial charge is 0.317 e. The van der Waals surface area contributed by atoms with Crippen LogP contribution in [0.1, 0.15) is 11.1 Å². The predicted molar refractivity (Wildman–Crippen MR) is 130 cm³/mol. The number of nitrogens with one attached hydrogen (secondary N) is 1. The molecular weight excluding hydrogens is 398 g/mol. The van der Waals surface area contributed by atoms with Gasteiger partial charge in [-0.1, -0.05) is 60.7 Å². The van der Waals surface area contributed by atoms with E-state index in [9.17, 15) is 4.79 Å². The van der Waals surface area contributed by atoms with E-state index in [1.165, 1.54) is 0 Å². The van der Waals surface area contributed by atoms with Crippen LogP contribution in [0.15, 0.2) is 72.9 Å². The number of pyridine rings is 1. The average Bonchev–Trinajstić information content (AvgIpc) is 2.84. The first-order valence-corrected chi connectivity index (χ1v) is 11.1. The van der Waals surface area contributed by atoms with Crippen molar-refractivity contribution in [3.8, 4) is 11.1 Å². The number of likely N-dealkylation sites (N-methyl/N-ethyl adjacent to an activating group) is 1. The monoisotopic (exact) mass is 429 g/mol. The minimum Gasteiger partial charge on any atom is -0.354 e. The molecule has 1 aliphatic rings. The molecule has 1 N–H and O–H groups in total. The summed E-state index contributed by atoms with van der Waals surface area (Å²) in [5.41, 5.74) is 4.47. The molecule has 2 heterocycles.